The fourth-order valence-electron chi connectivity index (χ4n) is 3.64. The van der Waals surface area contributed by atoms with Crippen LogP contribution in [0.2, 0.25) is 0 Å². The van der Waals surface area contributed by atoms with Gasteiger partial charge in [0.05, 0.1) is 23.6 Å². The van der Waals surface area contributed by atoms with E-state index >= 15 is 0 Å². The SMILES string of the molecule is CCOC(=O)c1c(NC(=O)CN2CCCCCC2)sc2c1CCCC2=O. The zero-order chi connectivity index (χ0) is 18.5. The maximum absolute atomic E-state index is 12.5. The Morgan fingerprint density at radius 2 is 1.85 bits per heavy atom. The molecule has 1 aromatic heterocycles. The maximum atomic E-state index is 12.5. The van der Waals surface area contributed by atoms with Crippen molar-refractivity contribution in [2.45, 2.75) is 51.9 Å². The van der Waals surface area contributed by atoms with Crippen LogP contribution in [0.15, 0.2) is 0 Å². The molecule has 3 rings (SSSR count). The molecule has 0 bridgehead atoms. The number of esters is 1. The fourth-order valence-corrected chi connectivity index (χ4v) is 4.86. The molecule has 0 radical (unpaired) electrons. The standard InChI is InChI=1S/C19H26N2O4S/c1-2-25-19(24)16-13-8-7-9-14(22)17(13)26-18(16)20-15(23)12-21-10-5-3-4-6-11-21/h2-12H2,1H3,(H,20,23). The second-order valence-corrected chi connectivity index (χ2v) is 7.87. The molecule has 6 nitrogen and oxygen atoms in total. The molecule has 2 heterocycles. The number of carbonyl (C=O) groups is 3. The highest BCUT2D eigenvalue weighted by atomic mass is 32.1. The van der Waals surface area contributed by atoms with Gasteiger partial charge in [-0.25, -0.2) is 4.79 Å². The summed E-state index contributed by atoms with van der Waals surface area (Å²) in [6, 6.07) is 0. The molecule has 7 heteroatoms. The molecule has 1 aliphatic carbocycles. The summed E-state index contributed by atoms with van der Waals surface area (Å²) >= 11 is 1.22. The summed E-state index contributed by atoms with van der Waals surface area (Å²) in [6.45, 7) is 4.19. The molecule has 0 saturated carbocycles. The summed E-state index contributed by atoms with van der Waals surface area (Å²) in [4.78, 5) is 39.9. The molecule has 1 N–H and O–H groups in total. The Kier molecular flexibility index (Phi) is 6.43. The number of hydrogen-bond donors (Lipinski definition) is 1. The largest absolute Gasteiger partial charge is 0.462 e. The van der Waals surface area contributed by atoms with Gasteiger partial charge in [-0.2, -0.15) is 0 Å². The van der Waals surface area contributed by atoms with Crippen LogP contribution in [-0.4, -0.2) is 48.8 Å². The van der Waals surface area contributed by atoms with Crippen molar-refractivity contribution in [3.05, 3.63) is 16.0 Å². The molecular formula is C19H26N2O4S. The summed E-state index contributed by atoms with van der Waals surface area (Å²) in [5, 5.41) is 3.34. The lowest BCUT2D eigenvalue weighted by molar-refractivity contribution is -0.117. The molecule has 0 aromatic carbocycles. The lowest BCUT2D eigenvalue weighted by Crippen LogP contribution is -2.34. The monoisotopic (exact) mass is 378 g/mol. The second-order valence-electron chi connectivity index (χ2n) is 6.85. The highest BCUT2D eigenvalue weighted by Gasteiger charge is 2.31. The van der Waals surface area contributed by atoms with E-state index in [1.165, 1.54) is 24.2 Å². The topological polar surface area (TPSA) is 75.7 Å². The molecule has 1 amide bonds. The Bertz CT molecular complexity index is 690. The lowest BCUT2D eigenvalue weighted by atomic mass is 9.94. The van der Waals surface area contributed by atoms with Crippen molar-refractivity contribution in [1.82, 2.24) is 4.90 Å². The van der Waals surface area contributed by atoms with Gasteiger partial charge in [0.15, 0.2) is 5.78 Å². The summed E-state index contributed by atoms with van der Waals surface area (Å²) in [5.74, 6) is -0.539. The summed E-state index contributed by atoms with van der Waals surface area (Å²) < 4.78 is 5.17. The van der Waals surface area contributed by atoms with Crippen LogP contribution < -0.4 is 5.32 Å². The van der Waals surface area contributed by atoms with Crippen LogP contribution >= 0.6 is 11.3 Å². The predicted molar refractivity (Wildman–Crippen MR) is 101 cm³/mol. The molecule has 142 valence electrons. The van der Waals surface area contributed by atoms with Crippen molar-refractivity contribution in [2.24, 2.45) is 0 Å². The van der Waals surface area contributed by atoms with Crippen LogP contribution in [0.5, 0.6) is 0 Å². The highest BCUT2D eigenvalue weighted by Crippen LogP contribution is 2.38. The third-order valence-electron chi connectivity index (χ3n) is 4.89. The van der Waals surface area contributed by atoms with E-state index in [4.69, 9.17) is 4.74 Å². The lowest BCUT2D eigenvalue weighted by Gasteiger charge is -2.19. The van der Waals surface area contributed by atoms with E-state index in [1.807, 2.05) is 0 Å². The number of amides is 1. The molecule has 0 atom stereocenters. The van der Waals surface area contributed by atoms with Crippen molar-refractivity contribution in [1.29, 1.82) is 0 Å². The number of nitrogens with one attached hydrogen (secondary N) is 1. The number of ether oxygens (including phenoxy) is 1. The van der Waals surface area contributed by atoms with Crippen LogP contribution in [0.4, 0.5) is 5.00 Å². The fraction of sp³-hybridized carbons (Fsp3) is 0.632. The normalized spacial score (nSPS) is 18.1. The third kappa shape index (κ3) is 4.32. The number of thiophene rings is 1. The van der Waals surface area contributed by atoms with Crippen LogP contribution in [0, 0.1) is 0 Å². The number of rotatable bonds is 5. The number of ketones is 1. The average molecular weight is 378 g/mol. The van der Waals surface area contributed by atoms with Gasteiger partial charge in [0.2, 0.25) is 5.91 Å². The van der Waals surface area contributed by atoms with Crippen LogP contribution in [0.3, 0.4) is 0 Å². The van der Waals surface area contributed by atoms with Gasteiger partial charge in [0.1, 0.15) is 5.00 Å². The van der Waals surface area contributed by atoms with Crippen molar-refractivity contribution in [2.75, 3.05) is 31.6 Å². The number of fused-ring (bicyclic) bond motifs is 1. The molecule has 1 saturated heterocycles. The molecular weight excluding hydrogens is 352 g/mol. The van der Waals surface area contributed by atoms with Gasteiger partial charge in [0.25, 0.3) is 0 Å². The zero-order valence-electron chi connectivity index (χ0n) is 15.3. The van der Waals surface area contributed by atoms with Gasteiger partial charge >= 0.3 is 5.97 Å². The van der Waals surface area contributed by atoms with Crippen molar-refractivity contribution < 1.29 is 19.1 Å². The molecule has 0 unspecified atom stereocenters. The minimum Gasteiger partial charge on any atom is -0.462 e. The van der Waals surface area contributed by atoms with Gasteiger partial charge in [-0.15, -0.1) is 11.3 Å². The van der Waals surface area contributed by atoms with Gasteiger partial charge < -0.3 is 10.1 Å². The van der Waals surface area contributed by atoms with E-state index < -0.39 is 5.97 Å². The molecule has 1 aliphatic heterocycles. The number of nitrogens with zero attached hydrogens (tertiary/aromatic N) is 1. The quantitative estimate of drug-likeness (QED) is 0.796. The maximum Gasteiger partial charge on any atom is 0.341 e. The van der Waals surface area contributed by atoms with Crippen molar-refractivity contribution in [3.8, 4) is 0 Å². The first-order valence-electron chi connectivity index (χ1n) is 9.48. The second kappa shape index (κ2) is 8.77. The van der Waals surface area contributed by atoms with E-state index in [9.17, 15) is 14.4 Å². The molecule has 1 fully saturated rings. The van der Waals surface area contributed by atoms with E-state index in [1.54, 1.807) is 6.92 Å². The minimum absolute atomic E-state index is 0.0508. The minimum atomic E-state index is -0.454. The first-order chi connectivity index (χ1) is 12.6. The number of hydrogen-bond acceptors (Lipinski definition) is 6. The third-order valence-corrected chi connectivity index (χ3v) is 6.08. The van der Waals surface area contributed by atoms with E-state index in [0.717, 1.165) is 37.9 Å². The van der Waals surface area contributed by atoms with Gasteiger partial charge in [0, 0.05) is 6.42 Å². The van der Waals surface area contributed by atoms with Crippen LogP contribution in [-0.2, 0) is 16.0 Å². The molecule has 2 aliphatic rings. The number of anilines is 1. The average Bonchev–Trinajstić information content (AvgIpc) is 2.78. The Labute approximate surface area is 157 Å². The Morgan fingerprint density at radius 1 is 1.12 bits per heavy atom. The smallest absolute Gasteiger partial charge is 0.341 e. The van der Waals surface area contributed by atoms with Crippen molar-refractivity contribution >= 4 is 34.0 Å². The molecule has 26 heavy (non-hydrogen) atoms. The van der Waals surface area contributed by atoms with E-state index in [0.29, 0.717) is 34.8 Å². The number of Topliss-reactive ketones (excluding diaryl/α,β-unsaturated/α-hetero) is 1. The Balaban J connectivity index is 1.78. The van der Waals surface area contributed by atoms with E-state index in [-0.39, 0.29) is 18.3 Å². The first kappa shape index (κ1) is 19.0. The van der Waals surface area contributed by atoms with E-state index in [2.05, 4.69) is 10.2 Å². The number of carbonyl (C=O) groups excluding carboxylic acids is 3. The number of likely N-dealkylation sites (tertiary alicyclic amines) is 1. The first-order valence-corrected chi connectivity index (χ1v) is 10.3. The molecule has 0 spiro atoms. The summed E-state index contributed by atoms with van der Waals surface area (Å²) in [6.07, 6.45) is 6.56. The summed E-state index contributed by atoms with van der Waals surface area (Å²) in [5.41, 5.74) is 1.12. The highest BCUT2D eigenvalue weighted by molar-refractivity contribution is 7.18. The molecule has 1 aromatic rings. The van der Waals surface area contributed by atoms with Crippen LogP contribution in [0.1, 0.15) is 71.0 Å². The summed E-state index contributed by atoms with van der Waals surface area (Å²) in [7, 11) is 0. The van der Waals surface area contributed by atoms with Crippen molar-refractivity contribution in [3.63, 3.8) is 0 Å². The zero-order valence-corrected chi connectivity index (χ0v) is 16.1. The van der Waals surface area contributed by atoms with Gasteiger partial charge in [-0.3, -0.25) is 14.5 Å². The van der Waals surface area contributed by atoms with Crippen LogP contribution in [0.25, 0.3) is 0 Å². The predicted octanol–water partition coefficient (Wildman–Crippen LogP) is 3.26. The van der Waals surface area contributed by atoms with Gasteiger partial charge in [-0.1, -0.05) is 12.8 Å². The van der Waals surface area contributed by atoms with Gasteiger partial charge in [-0.05, 0) is 51.3 Å². The Morgan fingerprint density at radius 3 is 2.54 bits per heavy atom. The Hall–Kier alpha value is -1.73.